The Bertz CT molecular complexity index is 456. The largest absolute Gasteiger partial charge is 0.399 e. The topological polar surface area (TPSA) is 58.4 Å². The Morgan fingerprint density at radius 2 is 1.80 bits per heavy atom. The Kier molecular flexibility index (Phi) is 5.01. The third kappa shape index (κ3) is 3.73. The number of likely N-dealkylation sites (tertiary alicyclic amines) is 1. The highest BCUT2D eigenvalue weighted by atomic mass is 16.1. The summed E-state index contributed by atoms with van der Waals surface area (Å²) in [6.45, 7) is 7.85. The van der Waals surface area contributed by atoms with Crippen molar-refractivity contribution in [1.29, 1.82) is 0 Å². The number of rotatable bonds is 4. The van der Waals surface area contributed by atoms with Crippen molar-refractivity contribution in [3.63, 3.8) is 0 Å². The SMILES string of the molecule is Cc1cc(N)cc(C)c1C(=O)NCCN1CCCCC1. The number of nitrogens with one attached hydrogen (secondary N) is 1. The normalized spacial score (nSPS) is 16.1. The molecule has 1 saturated heterocycles. The molecule has 2 rings (SSSR count). The Labute approximate surface area is 121 Å². The summed E-state index contributed by atoms with van der Waals surface area (Å²) in [5, 5.41) is 3.03. The molecule has 4 heteroatoms. The van der Waals surface area contributed by atoms with Gasteiger partial charge in [-0.1, -0.05) is 6.42 Å². The number of nitrogen functional groups attached to an aromatic ring is 1. The monoisotopic (exact) mass is 275 g/mol. The molecule has 1 aliphatic rings. The third-order valence-electron chi connectivity index (χ3n) is 3.94. The van der Waals surface area contributed by atoms with Crippen LogP contribution in [0.3, 0.4) is 0 Å². The van der Waals surface area contributed by atoms with Crippen LogP contribution in [0.1, 0.15) is 40.7 Å². The molecule has 3 N–H and O–H groups in total. The zero-order valence-corrected chi connectivity index (χ0v) is 12.5. The van der Waals surface area contributed by atoms with Gasteiger partial charge in [0, 0.05) is 24.3 Å². The molecule has 1 aromatic carbocycles. The number of carbonyl (C=O) groups excluding carboxylic acids is 1. The third-order valence-corrected chi connectivity index (χ3v) is 3.94. The van der Waals surface area contributed by atoms with E-state index in [1.807, 2.05) is 26.0 Å². The average molecular weight is 275 g/mol. The molecule has 1 aliphatic heterocycles. The summed E-state index contributed by atoms with van der Waals surface area (Å²) >= 11 is 0. The van der Waals surface area contributed by atoms with Gasteiger partial charge in [-0.15, -0.1) is 0 Å². The Morgan fingerprint density at radius 1 is 1.20 bits per heavy atom. The summed E-state index contributed by atoms with van der Waals surface area (Å²) in [5.41, 5.74) is 9.15. The Morgan fingerprint density at radius 3 is 2.40 bits per heavy atom. The van der Waals surface area contributed by atoms with Crippen LogP contribution in [0.5, 0.6) is 0 Å². The fourth-order valence-electron chi connectivity index (χ4n) is 2.95. The molecule has 0 radical (unpaired) electrons. The summed E-state index contributed by atoms with van der Waals surface area (Å²) in [6.07, 6.45) is 3.90. The van der Waals surface area contributed by atoms with Crippen molar-refractivity contribution in [2.45, 2.75) is 33.1 Å². The number of anilines is 1. The van der Waals surface area contributed by atoms with Crippen LogP contribution in [0.15, 0.2) is 12.1 Å². The van der Waals surface area contributed by atoms with Crippen molar-refractivity contribution in [2.75, 3.05) is 31.9 Å². The van der Waals surface area contributed by atoms with Crippen LogP contribution in [0, 0.1) is 13.8 Å². The lowest BCUT2D eigenvalue weighted by atomic mass is 10.0. The molecule has 0 aromatic heterocycles. The first-order valence-corrected chi connectivity index (χ1v) is 7.45. The van der Waals surface area contributed by atoms with E-state index in [9.17, 15) is 4.79 Å². The first-order chi connectivity index (χ1) is 9.58. The second-order valence-corrected chi connectivity index (χ2v) is 5.69. The van der Waals surface area contributed by atoms with E-state index >= 15 is 0 Å². The van der Waals surface area contributed by atoms with Crippen molar-refractivity contribution >= 4 is 11.6 Å². The van der Waals surface area contributed by atoms with Gasteiger partial charge in [0.05, 0.1) is 0 Å². The minimum Gasteiger partial charge on any atom is -0.399 e. The van der Waals surface area contributed by atoms with Crippen LogP contribution in [0.4, 0.5) is 5.69 Å². The smallest absolute Gasteiger partial charge is 0.251 e. The average Bonchev–Trinajstić information content (AvgIpc) is 2.38. The maximum Gasteiger partial charge on any atom is 0.251 e. The highest BCUT2D eigenvalue weighted by Gasteiger charge is 2.14. The van der Waals surface area contributed by atoms with Gasteiger partial charge in [0.15, 0.2) is 0 Å². The van der Waals surface area contributed by atoms with E-state index in [-0.39, 0.29) is 5.91 Å². The number of aryl methyl sites for hydroxylation is 2. The molecule has 0 bridgehead atoms. The van der Waals surface area contributed by atoms with Gasteiger partial charge in [0.1, 0.15) is 0 Å². The number of nitrogens with zero attached hydrogens (tertiary/aromatic N) is 1. The molecule has 0 unspecified atom stereocenters. The molecule has 1 fully saturated rings. The number of carbonyl (C=O) groups is 1. The minimum absolute atomic E-state index is 0.0111. The van der Waals surface area contributed by atoms with E-state index in [1.165, 1.54) is 19.3 Å². The first kappa shape index (κ1) is 14.9. The number of amides is 1. The molecule has 1 heterocycles. The molecule has 0 spiro atoms. The molecule has 4 nitrogen and oxygen atoms in total. The molecule has 20 heavy (non-hydrogen) atoms. The van der Waals surface area contributed by atoms with Crippen LogP contribution >= 0.6 is 0 Å². The van der Waals surface area contributed by atoms with E-state index in [0.717, 1.165) is 36.3 Å². The minimum atomic E-state index is 0.0111. The number of hydrogen-bond donors (Lipinski definition) is 2. The molecule has 1 amide bonds. The number of piperidine rings is 1. The summed E-state index contributed by atoms with van der Waals surface area (Å²) in [7, 11) is 0. The summed E-state index contributed by atoms with van der Waals surface area (Å²) in [5.74, 6) is 0.0111. The molecular formula is C16H25N3O. The zero-order valence-electron chi connectivity index (χ0n) is 12.5. The van der Waals surface area contributed by atoms with E-state index in [1.54, 1.807) is 0 Å². The molecule has 0 aliphatic carbocycles. The first-order valence-electron chi connectivity index (χ1n) is 7.45. The molecule has 110 valence electrons. The van der Waals surface area contributed by atoms with E-state index in [0.29, 0.717) is 12.2 Å². The predicted molar refractivity (Wildman–Crippen MR) is 83.0 cm³/mol. The van der Waals surface area contributed by atoms with Gasteiger partial charge in [0.2, 0.25) is 0 Å². The Balaban J connectivity index is 1.88. The summed E-state index contributed by atoms with van der Waals surface area (Å²) < 4.78 is 0. The van der Waals surface area contributed by atoms with Gasteiger partial charge in [0.25, 0.3) is 5.91 Å². The standard InChI is InChI=1S/C16H25N3O/c1-12-10-14(17)11-13(2)15(12)16(20)18-6-9-19-7-4-3-5-8-19/h10-11H,3-9,17H2,1-2H3,(H,18,20). The van der Waals surface area contributed by atoms with E-state index in [2.05, 4.69) is 10.2 Å². The lowest BCUT2D eigenvalue weighted by Gasteiger charge is -2.26. The van der Waals surface area contributed by atoms with Gasteiger partial charge in [-0.2, -0.15) is 0 Å². The number of benzene rings is 1. The van der Waals surface area contributed by atoms with Crippen molar-refractivity contribution in [3.05, 3.63) is 28.8 Å². The fraction of sp³-hybridized carbons (Fsp3) is 0.562. The van der Waals surface area contributed by atoms with E-state index < -0.39 is 0 Å². The molecule has 0 atom stereocenters. The summed E-state index contributed by atoms with van der Waals surface area (Å²) in [6, 6.07) is 3.71. The van der Waals surface area contributed by atoms with Crippen LogP contribution in [-0.2, 0) is 0 Å². The van der Waals surface area contributed by atoms with Gasteiger partial charge >= 0.3 is 0 Å². The summed E-state index contributed by atoms with van der Waals surface area (Å²) in [4.78, 5) is 14.7. The van der Waals surface area contributed by atoms with Gasteiger partial charge in [-0.05, 0) is 63.0 Å². The lowest BCUT2D eigenvalue weighted by molar-refractivity contribution is 0.0945. The Hall–Kier alpha value is -1.55. The van der Waals surface area contributed by atoms with Crippen molar-refractivity contribution in [2.24, 2.45) is 0 Å². The highest BCUT2D eigenvalue weighted by Crippen LogP contribution is 2.17. The fourth-order valence-corrected chi connectivity index (χ4v) is 2.95. The quantitative estimate of drug-likeness (QED) is 0.827. The van der Waals surface area contributed by atoms with Crippen molar-refractivity contribution in [1.82, 2.24) is 10.2 Å². The lowest BCUT2D eigenvalue weighted by Crippen LogP contribution is -2.38. The van der Waals surface area contributed by atoms with Crippen LogP contribution in [0.2, 0.25) is 0 Å². The van der Waals surface area contributed by atoms with Gasteiger partial charge in [-0.3, -0.25) is 4.79 Å². The zero-order chi connectivity index (χ0) is 14.5. The number of hydrogen-bond acceptors (Lipinski definition) is 3. The second kappa shape index (κ2) is 6.75. The van der Waals surface area contributed by atoms with Crippen LogP contribution < -0.4 is 11.1 Å². The van der Waals surface area contributed by atoms with Gasteiger partial charge < -0.3 is 16.0 Å². The maximum atomic E-state index is 12.3. The number of nitrogens with two attached hydrogens (primary N) is 1. The van der Waals surface area contributed by atoms with E-state index in [4.69, 9.17) is 5.73 Å². The highest BCUT2D eigenvalue weighted by molar-refractivity contribution is 5.97. The van der Waals surface area contributed by atoms with Crippen molar-refractivity contribution < 1.29 is 4.79 Å². The second-order valence-electron chi connectivity index (χ2n) is 5.69. The molecular weight excluding hydrogens is 250 g/mol. The maximum absolute atomic E-state index is 12.3. The van der Waals surface area contributed by atoms with Gasteiger partial charge in [-0.25, -0.2) is 0 Å². The predicted octanol–water partition coefficient (Wildman–Crippen LogP) is 2.10. The molecule has 0 saturated carbocycles. The molecule has 1 aromatic rings. The van der Waals surface area contributed by atoms with Crippen molar-refractivity contribution in [3.8, 4) is 0 Å². The van der Waals surface area contributed by atoms with Crippen LogP contribution in [-0.4, -0.2) is 37.0 Å². The van der Waals surface area contributed by atoms with Crippen LogP contribution in [0.25, 0.3) is 0 Å².